The lowest BCUT2D eigenvalue weighted by molar-refractivity contribution is -0.120. The minimum Gasteiger partial charge on any atom is -0.497 e. The summed E-state index contributed by atoms with van der Waals surface area (Å²) in [7, 11) is 3.05. The third-order valence-electron chi connectivity index (χ3n) is 5.51. The summed E-state index contributed by atoms with van der Waals surface area (Å²) in [5.41, 5.74) is 5.53. The fourth-order valence-electron chi connectivity index (χ4n) is 3.98. The molecule has 2 amide bonds. The summed E-state index contributed by atoms with van der Waals surface area (Å²) < 4.78 is 10.7. The van der Waals surface area contributed by atoms with Crippen LogP contribution in [0.25, 0.3) is 5.57 Å². The van der Waals surface area contributed by atoms with Crippen molar-refractivity contribution in [3.8, 4) is 11.5 Å². The number of hydrogen-bond donors (Lipinski definition) is 1. The van der Waals surface area contributed by atoms with Crippen molar-refractivity contribution < 1.29 is 19.1 Å². The van der Waals surface area contributed by atoms with Crippen LogP contribution in [-0.2, 0) is 9.59 Å². The first-order valence-electron chi connectivity index (χ1n) is 10.6. The van der Waals surface area contributed by atoms with Gasteiger partial charge in [-0.1, -0.05) is 35.9 Å². The zero-order chi connectivity index (χ0) is 23.7. The number of imide groups is 1. The molecule has 33 heavy (non-hydrogen) atoms. The Morgan fingerprint density at radius 3 is 1.82 bits per heavy atom. The normalized spacial score (nSPS) is 13.5. The predicted molar refractivity (Wildman–Crippen MR) is 130 cm³/mol. The summed E-state index contributed by atoms with van der Waals surface area (Å²) in [6.45, 7) is 5.96. The van der Waals surface area contributed by atoms with Crippen LogP contribution in [0.3, 0.4) is 0 Å². The molecule has 0 bridgehead atoms. The molecule has 3 aromatic rings. The first kappa shape index (κ1) is 22.1. The lowest BCUT2D eigenvalue weighted by Crippen LogP contribution is -2.32. The number of carbonyl (C=O) groups excluding carboxylic acids is 2. The largest absolute Gasteiger partial charge is 0.497 e. The number of carbonyl (C=O) groups is 2. The Balaban J connectivity index is 1.85. The van der Waals surface area contributed by atoms with Crippen LogP contribution in [0.1, 0.15) is 22.3 Å². The van der Waals surface area contributed by atoms with Crippen LogP contribution in [0.4, 0.5) is 11.4 Å². The van der Waals surface area contributed by atoms with E-state index in [1.165, 1.54) is 14.2 Å². The van der Waals surface area contributed by atoms with Crippen LogP contribution in [0, 0.1) is 20.8 Å². The van der Waals surface area contributed by atoms with E-state index in [2.05, 4.69) is 11.4 Å². The maximum Gasteiger partial charge on any atom is 0.282 e. The van der Waals surface area contributed by atoms with Crippen LogP contribution in [0.15, 0.2) is 66.4 Å². The lowest BCUT2D eigenvalue weighted by Gasteiger charge is -2.17. The van der Waals surface area contributed by atoms with Crippen molar-refractivity contribution in [3.63, 3.8) is 0 Å². The number of aryl methyl sites for hydroxylation is 3. The van der Waals surface area contributed by atoms with Gasteiger partial charge in [-0.05, 0) is 49.6 Å². The highest BCUT2D eigenvalue weighted by Gasteiger charge is 2.40. The molecule has 0 fully saturated rings. The first-order chi connectivity index (χ1) is 15.8. The molecular formula is C27H26N2O4. The zero-order valence-electron chi connectivity index (χ0n) is 19.4. The van der Waals surface area contributed by atoms with E-state index >= 15 is 0 Å². The Hall–Kier alpha value is -4.06. The van der Waals surface area contributed by atoms with E-state index in [0.717, 1.165) is 27.3 Å². The van der Waals surface area contributed by atoms with E-state index in [4.69, 9.17) is 9.47 Å². The minimum absolute atomic E-state index is 0.232. The van der Waals surface area contributed by atoms with Crippen molar-refractivity contribution in [3.05, 3.63) is 88.6 Å². The van der Waals surface area contributed by atoms with Gasteiger partial charge in [0, 0.05) is 23.9 Å². The Bertz CT molecular complexity index is 1230. The molecule has 1 heterocycles. The van der Waals surface area contributed by atoms with E-state index in [1.807, 2.05) is 57.2 Å². The summed E-state index contributed by atoms with van der Waals surface area (Å²) in [6, 6.07) is 18.5. The Labute approximate surface area is 193 Å². The molecule has 0 saturated carbocycles. The molecule has 6 nitrogen and oxygen atoms in total. The minimum atomic E-state index is -0.440. The predicted octanol–water partition coefficient (Wildman–Crippen LogP) is 5.03. The Morgan fingerprint density at radius 2 is 1.27 bits per heavy atom. The maximum absolute atomic E-state index is 13.7. The third kappa shape index (κ3) is 4.32. The number of nitrogens with zero attached hydrogens (tertiary/aromatic N) is 1. The van der Waals surface area contributed by atoms with E-state index < -0.39 is 11.8 Å². The summed E-state index contributed by atoms with van der Waals surface area (Å²) >= 11 is 0. The highest BCUT2D eigenvalue weighted by molar-refractivity contribution is 6.46. The smallest absolute Gasteiger partial charge is 0.282 e. The highest BCUT2D eigenvalue weighted by Crippen LogP contribution is 2.37. The second-order valence-electron chi connectivity index (χ2n) is 8.13. The number of methoxy groups -OCH3 is 2. The van der Waals surface area contributed by atoms with Crippen molar-refractivity contribution in [2.24, 2.45) is 0 Å². The molecule has 0 atom stereocenters. The van der Waals surface area contributed by atoms with Gasteiger partial charge in [-0.15, -0.1) is 0 Å². The number of benzene rings is 3. The average molecular weight is 443 g/mol. The first-order valence-corrected chi connectivity index (χ1v) is 10.6. The topological polar surface area (TPSA) is 67.9 Å². The van der Waals surface area contributed by atoms with Crippen LogP contribution in [0.5, 0.6) is 11.5 Å². The number of hydrogen-bond acceptors (Lipinski definition) is 5. The van der Waals surface area contributed by atoms with Crippen molar-refractivity contribution in [1.82, 2.24) is 0 Å². The SMILES string of the molecule is COc1cc(OC)cc(N2C(=O)C(Nc3cc(C)cc(C)c3)=C(c3ccc(C)cc3)C2=O)c1. The van der Waals surface area contributed by atoms with Gasteiger partial charge in [0.15, 0.2) is 0 Å². The van der Waals surface area contributed by atoms with Crippen LogP contribution >= 0.6 is 0 Å². The Kier molecular flexibility index (Phi) is 5.92. The molecule has 0 radical (unpaired) electrons. The zero-order valence-corrected chi connectivity index (χ0v) is 19.4. The molecule has 1 aliphatic heterocycles. The van der Waals surface area contributed by atoms with Crippen molar-refractivity contribution in [2.75, 3.05) is 24.4 Å². The van der Waals surface area contributed by atoms with Crippen molar-refractivity contribution >= 4 is 28.8 Å². The molecule has 0 unspecified atom stereocenters. The fourth-order valence-corrected chi connectivity index (χ4v) is 3.98. The van der Waals surface area contributed by atoms with Gasteiger partial charge in [0.05, 0.1) is 25.5 Å². The molecule has 0 saturated heterocycles. The molecule has 4 rings (SSSR count). The Morgan fingerprint density at radius 1 is 0.697 bits per heavy atom. The molecular weight excluding hydrogens is 416 g/mol. The monoisotopic (exact) mass is 442 g/mol. The van der Waals surface area contributed by atoms with Crippen LogP contribution in [0.2, 0.25) is 0 Å². The van der Waals surface area contributed by atoms with Crippen molar-refractivity contribution in [2.45, 2.75) is 20.8 Å². The maximum atomic E-state index is 13.7. The quantitative estimate of drug-likeness (QED) is 0.543. The molecule has 168 valence electrons. The molecule has 1 N–H and O–H groups in total. The second-order valence-corrected chi connectivity index (χ2v) is 8.13. The van der Waals surface area contributed by atoms with Gasteiger partial charge in [0.1, 0.15) is 17.2 Å². The van der Waals surface area contributed by atoms with Gasteiger partial charge in [-0.3, -0.25) is 9.59 Å². The second kappa shape index (κ2) is 8.82. The van der Waals surface area contributed by atoms with E-state index in [-0.39, 0.29) is 5.70 Å². The number of anilines is 2. The summed E-state index contributed by atoms with van der Waals surface area (Å²) in [6.07, 6.45) is 0. The number of ether oxygens (including phenoxy) is 2. The number of rotatable bonds is 6. The summed E-state index contributed by atoms with van der Waals surface area (Å²) in [4.78, 5) is 28.5. The average Bonchev–Trinajstić information content (AvgIpc) is 3.02. The van der Waals surface area contributed by atoms with E-state index in [1.54, 1.807) is 18.2 Å². The van der Waals surface area contributed by atoms with Crippen molar-refractivity contribution in [1.29, 1.82) is 0 Å². The fraction of sp³-hybridized carbons (Fsp3) is 0.185. The van der Waals surface area contributed by atoms with Crippen LogP contribution in [-0.4, -0.2) is 26.0 Å². The molecule has 6 heteroatoms. The third-order valence-corrected chi connectivity index (χ3v) is 5.51. The van der Waals surface area contributed by atoms with Gasteiger partial charge in [0.2, 0.25) is 0 Å². The van der Waals surface area contributed by atoms with Gasteiger partial charge in [-0.25, -0.2) is 4.90 Å². The highest BCUT2D eigenvalue weighted by atomic mass is 16.5. The van der Waals surface area contributed by atoms with E-state index in [0.29, 0.717) is 28.3 Å². The van der Waals surface area contributed by atoms with E-state index in [9.17, 15) is 9.59 Å². The number of amides is 2. The van der Waals surface area contributed by atoms with Gasteiger partial charge in [0.25, 0.3) is 11.8 Å². The van der Waals surface area contributed by atoms with Gasteiger partial charge in [-0.2, -0.15) is 0 Å². The molecule has 3 aromatic carbocycles. The molecule has 0 aliphatic carbocycles. The van der Waals surface area contributed by atoms with Crippen LogP contribution < -0.4 is 19.7 Å². The number of nitrogens with one attached hydrogen (secondary N) is 1. The summed E-state index contributed by atoms with van der Waals surface area (Å²) in [5.74, 6) is 0.117. The summed E-state index contributed by atoms with van der Waals surface area (Å²) in [5, 5.41) is 3.23. The molecule has 0 spiro atoms. The van der Waals surface area contributed by atoms with Gasteiger partial charge < -0.3 is 14.8 Å². The molecule has 1 aliphatic rings. The molecule has 0 aromatic heterocycles. The standard InChI is InChI=1S/C27H26N2O4/c1-16-6-8-19(9-7-16)24-25(28-20-11-17(2)10-18(3)12-20)27(31)29(26(24)30)21-13-22(32-4)15-23(14-21)33-5/h6-15,28H,1-5H3. The lowest BCUT2D eigenvalue weighted by atomic mass is 10.0. The van der Waals surface area contributed by atoms with Gasteiger partial charge >= 0.3 is 0 Å².